The molecular weight excluding hydrogens is 307 g/mol. The maximum absolute atomic E-state index is 9.24. The molecule has 1 nitrogen and oxygen atoms in total. The van der Waals surface area contributed by atoms with Gasteiger partial charge in [-0.15, -0.1) is 11.3 Å². The molecule has 14 heavy (non-hydrogen) atoms. The van der Waals surface area contributed by atoms with E-state index in [9.17, 15) is 5.11 Å². The summed E-state index contributed by atoms with van der Waals surface area (Å²) in [5.41, 5.74) is 1.04. The highest BCUT2D eigenvalue weighted by Crippen LogP contribution is 2.34. The minimum atomic E-state index is 0.132. The summed E-state index contributed by atoms with van der Waals surface area (Å²) in [6.07, 6.45) is 1.07. The number of halogens is 1. The standard InChI is InChI=1S/C11H11IOS/c1-2-8-11(12)10-7(6-13)4-3-5-9(10)14-8/h3-5,13H,2,6H2,1H3. The first kappa shape index (κ1) is 10.4. The summed E-state index contributed by atoms with van der Waals surface area (Å²) >= 11 is 4.22. The van der Waals surface area contributed by atoms with E-state index in [0.29, 0.717) is 0 Å². The van der Waals surface area contributed by atoms with Gasteiger partial charge < -0.3 is 5.11 Å². The molecule has 0 aliphatic rings. The molecule has 74 valence electrons. The number of hydrogen-bond acceptors (Lipinski definition) is 2. The molecule has 0 unspecified atom stereocenters. The SMILES string of the molecule is CCc1sc2cccc(CO)c2c1I. The molecule has 1 aromatic carbocycles. The van der Waals surface area contributed by atoms with Crippen LogP contribution in [0.25, 0.3) is 10.1 Å². The van der Waals surface area contributed by atoms with Crippen molar-refractivity contribution in [1.82, 2.24) is 0 Å². The molecule has 0 spiro atoms. The van der Waals surface area contributed by atoms with Crippen LogP contribution in [0.15, 0.2) is 18.2 Å². The van der Waals surface area contributed by atoms with E-state index in [1.165, 1.54) is 18.5 Å². The van der Waals surface area contributed by atoms with Gasteiger partial charge in [0.1, 0.15) is 0 Å². The Balaban J connectivity index is 2.79. The minimum absolute atomic E-state index is 0.132. The van der Waals surface area contributed by atoms with Crippen molar-refractivity contribution in [2.24, 2.45) is 0 Å². The number of benzene rings is 1. The second-order valence-corrected chi connectivity index (χ2v) is 5.36. The van der Waals surface area contributed by atoms with Gasteiger partial charge >= 0.3 is 0 Å². The van der Waals surface area contributed by atoms with Crippen LogP contribution in [0.1, 0.15) is 17.4 Å². The predicted molar refractivity (Wildman–Crippen MR) is 69.8 cm³/mol. The van der Waals surface area contributed by atoms with E-state index in [-0.39, 0.29) is 6.61 Å². The predicted octanol–water partition coefficient (Wildman–Crippen LogP) is 3.56. The third-order valence-corrected chi connectivity index (χ3v) is 5.16. The topological polar surface area (TPSA) is 20.2 Å². The zero-order valence-corrected chi connectivity index (χ0v) is 10.9. The van der Waals surface area contributed by atoms with Gasteiger partial charge in [-0.05, 0) is 40.6 Å². The fourth-order valence-corrected chi connectivity index (χ4v) is 4.20. The number of hydrogen-bond donors (Lipinski definition) is 1. The normalized spacial score (nSPS) is 11.1. The molecule has 3 heteroatoms. The van der Waals surface area contributed by atoms with Crippen LogP contribution in [0.4, 0.5) is 0 Å². The van der Waals surface area contributed by atoms with Gasteiger partial charge in [0.15, 0.2) is 0 Å². The van der Waals surface area contributed by atoms with Crippen LogP contribution in [0, 0.1) is 3.57 Å². The Morgan fingerprint density at radius 2 is 2.21 bits per heavy atom. The van der Waals surface area contributed by atoms with E-state index in [0.717, 1.165) is 12.0 Å². The van der Waals surface area contributed by atoms with E-state index >= 15 is 0 Å². The van der Waals surface area contributed by atoms with Gasteiger partial charge in [-0.3, -0.25) is 0 Å². The van der Waals surface area contributed by atoms with Crippen molar-refractivity contribution < 1.29 is 5.11 Å². The second kappa shape index (κ2) is 4.16. The van der Waals surface area contributed by atoms with Crippen LogP contribution >= 0.6 is 33.9 Å². The molecule has 2 aromatic rings. The molecule has 2 rings (SSSR count). The van der Waals surface area contributed by atoms with Gasteiger partial charge in [0.2, 0.25) is 0 Å². The van der Waals surface area contributed by atoms with Crippen LogP contribution in [-0.2, 0) is 13.0 Å². The fraction of sp³-hybridized carbons (Fsp3) is 0.273. The molecule has 0 aliphatic heterocycles. The lowest BCUT2D eigenvalue weighted by Crippen LogP contribution is -1.85. The van der Waals surface area contributed by atoms with Crippen LogP contribution in [0.2, 0.25) is 0 Å². The third kappa shape index (κ3) is 1.57. The fourth-order valence-electron chi connectivity index (χ4n) is 1.59. The first-order chi connectivity index (χ1) is 6.77. The summed E-state index contributed by atoms with van der Waals surface area (Å²) in [6.45, 7) is 2.30. The van der Waals surface area contributed by atoms with Crippen molar-refractivity contribution in [2.45, 2.75) is 20.0 Å². The smallest absolute Gasteiger partial charge is 0.0688 e. The second-order valence-electron chi connectivity index (χ2n) is 3.14. The van der Waals surface area contributed by atoms with Gasteiger partial charge in [-0.2, -0.15) is 0 Å². The molecule has 0 aliphatic carbocycles. The van der Waals surface area contributed by atoms with Gasteiger partial charge in [-0.25, -0.2) is 0 Å². The molecule has 0 saturated heterocycles. The summed E-state index contributed by atoms with van der Waals surface area (Å²) in [5, 5.41) is 10.5. The van der Waals surface area contributed by atoms with Crippen molar-refractivity contribution >= 4 is 44.0 Å². The molecule has 1 heterocycles. The van der Waals surface area contributed by atoms with Crippen LogP contribution < -0.4 is 0 Å². The quantitative estimate of drug-likeness (QED) is 0.840. The van der Waals surface area contributed by atoms with Crippen LogP contribution in [-0.4, -0.2) is 5.11 Å². The first-order valence-corrected chi connectivity index (χ1v) is 6.47. The molecular formula is C11H11IOS. The lowest BCUT2D eigenvalue weighted by Gasteiger charge is -1.99. The highest BCUT2D eigenvalue weighted by Gasteiger charge is 2.10. The number of thiophene rings is 1. The van der Waals surface area contributed by atoms with Gasteiger partial charge in [-0.1, -0.05) is 19.1 Å². The van der Waals surface area contributed by atoms with Gasteiger partial charge in [0.25, 0.3) is 0 Å². The lowest BCUT2D eigenvalue weighted by molar-refractivity contribution is 0.283. The number of rotatable bonds is 2. The minimum Gasteiger partial charge on any atom is -0.392 e. The Labute approximate surface area is 101 Å². The molecule has 0 bridgehead atoms. The Kier molecular flexibility index (Phi) is 3.09. The van der Waals surface area contributed by atoms with Gasteiger partial charge in [0, 0.05) is 18.5 Å². The summed E-state index contributed by atoms with van der Waals surface area (Å²) in [7, 11) is 0. The van der Waals surface area contributed by atoms with E-state index in [1.54, 1.807) is 0 Å². The average Bonchev–Trinajstić information content (AvgIpc) is 2.55. The molecule has 0 amide bonds. The Morgan fingerprint density at radius 3 is 2.86 bits per heavy atom. The van der Waals surface area contributed by atoms with E-state index in [4.69, 9.17) is 0 Å². The maximum Gasteiger partial charge on any atom is 0.0688 e. The summed E-state index contributed by atoms with van der Waals surface area (Å²) in [6, 6.07) is 6.14. The van der Waals surface area contributed by atoms with Crippen molar-refractivity contribution in [3.8, 4) is 0 Å². The first-order valence-electron chi connectivity index (χ1n) is 4.57. The number of aryl methyl sites for hydroxylation is 1. The van der Waals surface area contributed by atoms with E-state index in [2.05, 4.69) is 35.6 Å². The van der Waals surface area contributed by atoms with Crippen molar-refractivity contribution in [3.05, 3.63) is 32.2 Å². The number of fused-ring (bicyclic) bond motifs is 1. The summed E-state index contributed by atoms with van der Waals surface area (Å²) < 4.78 is 2.60. The monoisotopic (exact) mass is 318 g/mol. The van der Waals surface area contributed by atoms with Crippen molar-refractivity contribution in [2.75, 3.05) is 0 Å². The molecule has 0 fully saturated rings. The van der Waals surface area contributed by atoms with Crippen molar-refractivity contribution in [1.29, 1.82) is 0 Å². The molecule has 1 N–H and O–H groups in total. The molecule has 0 saturated carbocycles. The zero-order chi connectivity index (χ0) is 10.1. The van der Waals surface area contributed by atoms with E-state index < -0.39 is 0 Å². The largest absolute Gasteiger partial charge is 0.392 e. The molecule has 0 radical (unpaired) electrons. The molecule has 0 atom stereocenters. The lowest BCUT2D eigenvalue weighted by atomic mass is 10.1. The number of aliphatic hydroxyl groups excluding tert-OH is 1. The average molecular weight is 318 g/mol. The summed E-state index contributed by atoms with van der Waals surface area (Å²) in [5.74, 6) is 0. The van der Waals surface area contributed by atoms with Crippen LogP contribution in [0.3, 0.4) is 0 Å². The summed E-state index contributed by atoms with van der Waals surface area (Å²) in [4.78, 5) is 1.42. The highest BCUT2D eigenvalue weighted by molar-refractivity contribution is 14.1. The van der Waals surface area contributed by atoms with E-state index in [1.807, 2.05) is 23.5 Å². The highest BCUT2D eigenvalue weighted by atomic mass is 127. The third-order valence-electron chi connectivity index (χ3n) is 2.30. The van der Waals surface area contributed by atoms with Crippen molar-refractivity contribution in [3.63, 3.8) is 0 Å². The van der Waals surface area contributed by atoms with Crippen LogP contribution in [0.5, 0.6) is 0 Å². The number of aliphatic hydroxyl groups is 1. The van der Waals surface area contributed by atoms with Gasteiger partial charge in [0.05, 0.1) is 6.61 Å². The zero-order valence-electron chi connectivity index (χ0n) is 7.88. The Bertz CT molecular complexity index is 462. The maximum atomic E-state index is 9.24. The Morgan fingerprint density at radius 1 is 1.43 bits per heavy atom. The molecule has 1 aromatic heterocycles. The Hall–Kier alpha value is -0.130.